The maximum atomic E-state index is 12.1. The molecule has 18 heavy (non-hydrogen) atoms. The third-order valence-corrected chi connectivity index (χ3v) is 3.14. The maximum absolute atomic E-state index is 12.1. The second-order valence-electron chi connectivity index (χ2n) is 4.70. The second-order valence-corrected chi connectivity index (χ2v) is 4.70. The lowest BCUT2D eigenvalue weighted by Gasteiger charge is -2.21. The van der Waals surface area contributed by atoms with Crippen molar-refractivity contribution in [2.45, 2.75) is 6.42 Å². The van der Waals surface area contributed by atoms with Crippen LogP contribution in [-0.2, 0) is 0 Å². The van der Waals surface area contributed by atoms with Gasteiger partial charge in [0.1, 0.15) is 0 Å². The Morgan fingerprint density at radius 3 is 2.89 bits per heavy atom. The molecule has 0 bridgehead atoms. The molecule has 2 rings (SSSR count). The fraction of sp³-hybridized carbons (Fsp3) is 0.462. The molecule has 0 aromatic heterocycles. The van der Waals surface area contributed by atoms with E-state index < -0.39 is 0 Å². The fourth-order valence-corrected chi connectivity index (χ4v) is 2.07. The minimum absolute atomic E-state index is 0.0455. The third-order valence-electron chi connectivity index (χ3n) is 3.14. The molecule has 0 saturated carbocycles. The van der Waals surface area contributed by atoms with Gasteiger partial charge in [0.25, 0.3) is 0 Å². The van der Waals surface area contributed by atoms with Gasteiger partial charge in [-0.15, -0.1) is 0 Å². The summed E-state index contributed by atoms with van der Waals surface area (Å²) in [7, 11) is 2.08. The molecule has 1 heterocycles. The molecule has 3 N–H and O–H groups in total. The van der Waals surface area contributed by atoms with Crippen molar-refractivity contribution in [2.24, 2.45) is 0 Å². The highest BCUT2D eigenvalue weighted by molar-refractivity contribution is 5.89. The van der Waals surface area contributed by atoms with Crippen LogP contribution in [0.2, 0.25) is 0 Å². The monoisotopic (exact) mass is 248 g/mol. The number of anilines is 2. The number of nitrogens with one attached hydrogen (secondary N) is 1. The van der Waals surface area contributed by atoms with Gasteiger partial charge in [-0.1, -0.05) is 6.07 Å². The van der Waals surface area contributed by atoms with Crippen LogP contribution < -0.4 is 11.1 Å². The summed E-state index contributed by atoms with van der Waals surface area (Å²) < 4.78 is 0. The molecule has 98 valence electrons. The van der Waals surface area contributed by atoms with E-state index in [4.69, 9.17) is 5.73 Å². The molecule has 2 amide bonds. The van der Waals surface area contributed by atoms with E-state index in [9.17, 15) is 4.79 Å². The highest BCUT2D eigenvalue weighted by atomic mass is 16.2. The van der Waals surface area contributed by atoms with Crippen LogP contribution in [0.15, 0.2) is 24.3 Å². The zero-order chi connectivity index (χ0) is 13.0. The SMILES string of the molecule is CN1CCCN(C(=O)Nc2cccc(N)c2)CC1. The van der Waals surface area contributed by atoms with Gasteiger partial charge in [-0.25, -0.2) is 4.79 Å². The van der Waals surface area contributed by atoms with Crippen molar-refractivity contribution in [2.75, 3.05) is 44.3 Å². The van der Waals surface area contributed by atoms with Crippen LogP contribution in [0.3, 0.4) is 0 Å². The second kappa shape index (κ2) is 5.73. The minimum atomic E-state index is -0.0455. The first-order valence-corrected chi connectivity index (χ1v) is 6.25. The van der Waals surface area contributed by atoms with Crippen LogP contribution >= 0.6 is 0 Å². The van der Waals surface area contributed by atoms with Crippen molar-refractivity contribution in [3.63, 3.8) is 0 Å². The number of carbonyl (C=O) groups is 1. The van der Waals surface area contributed by atoms with E-state index >= 15 is 0 Å². The van der Waals surface area contributed by atoms with Gasteiger partial charge in [0.2, 0.25) is 0 Å². The van der Waals surface area contributed by atoms with E-state index in [0.29, 0.717) is 5.69 Å². The van der Waals surface area contributed by atoms with Gasteiger partial charge >= 0.3 is 6.03 Å². The van der Waals surface area contributed by atoms with Crippen LogP contribution in [-0.4, -0.2) is 49.1 Å². The van der Waals surface area contributed by atoms with Crippen molar-refractivity contribution >= 4 is 17.4 Å². The number of nitrogens with two attached hydrogens (primary N) is 1. The number of nitrogen functional groups attached to an aromatic ring is 1. The molecule has 1 aromatic carbocycles. The van der Waals surface area contributed by atoms with Crippen molar-refractivity contribution in [1.29, 1.82) is 0 Å². The van der Waals surface area contributed by atoms with Gasteiger partial charge in [-0.3, -0.25) is 0 Å². The summed E-state index contributed by atoms with van der Waals surface area (Å²) in [6, 6.07) is 7.20. The Balaban J connectivity index is 1.95. The van der Waals surface area contributed by atoms with Gasteiger partial charge in [0.15, 0.2) is 0 Å². The Hall–Kier alpha value is -1.75. The number of hydrogen-bond acceptors (Lipinski definition) is 3. The quantitative estimate of drug-likeness (QED) is 0.739. The highest BCUT2D eigenvalue weighted by Gasteiger charge is 2.17. The number of amides is 2. The lowest BCUT2D eigenvalue weighted by atomic mass is 10.3. The van der Waals surface area contributed by atoms with Gasteiger partial charge in [0, 0.05) is 31.0 Å². The first-order chi connectivity index (χ1) is 8.65. The summed E-state index contributed by atoms with van der Waals surface area (Å²) in [4.78, 5) is 16.2. The number of carbonyl (C=O) groups excluding carboxylic acids is 1. The first kappa shape index (κ1) is 12.7. The van der Waals surface area contributed by atoms with Crippen LogP contribution in [0, 0.1) is 0 Å². The normalized spacial score (nSPS) is 17.3. The summed E-state index contributed by atoms with van der Waals surface area (Å²) >= 11 is 0. The number of rotatable bonds is 1. The zero-order valence-electron chi connectivity index (χ0n) is 10.7. The molecule has 5 heteroatoms. The summed E-state index contributed by atoms with van der Waals surface area (Å²) in [5, 5.41) is 2.88. The smallest absolute Gasteiger partial charge is 0.321 e. The van der Waals surface area contributed by atoms with Crippen molar-refractivity contribution in [3.8, 4) is 0 Å². The lowest BCUT2D eigenvalue weighted by molar-refractivity contribution is 0.213. The Kier molecular flexibility index (Phi) is 4.04. The third kappa shape index (κ3) is 3.37. The van der Waals surface area contributed by atoms with Crippen LogP contribution in [0.25, 0.3) is 0 Å². The molecule has 1 aromatic rings. The van der Waals surface area contributed by atoms with Gasteiger partial charge in [-0.2, -0.15) is 0 Å². The molecule has 0 radical (unpaired) electrons. The van der Waals surface area contributed by atoms with Crippen LogP contribution in [0.1, 0.15) is 6.42 Å². The van der Waals surface area contributed by atoms with Crippen molar-refractivity contribution in [1.82, 2.24) is 9.80 Å². The van der Waals surface area contributed by atoms with Crippen molar-refractivity contribution in [3.05, 3.63) is 24.3 Å². The molecular weight excluding hydrogens is 228 g/mol. The predicted octanol–water partition coefficient (Wildman–Crippen LogP) is 1.44. The fourth-order valence-electron chi connectivity index (χ4n) is 2.07. The van der Waals surface area contributed by atoms with Gasteiger partial charge in [-0.05, 0) is 38.2 Å². The van der Waals surface area contributed by atoms with E-state index in [2.05, 4.69) is 17.3 Å². The largest absolute Gasteiger partial charge is 0.399 e. The van der Waals surface area contributed by atoms with Crippen LogP contribution in [0.4, 0.5) is 16.2 Å². The van der Waals surface area contributed by atoms with E-state index in [0.717, 1.165) is 38.3 Å². The van der Waals surface area contributed by atoms with E-state index in [-0.39, 0.29) is 6.03 Å². The standard InChI is InChI=1S/C13H20N4O/c1-16-6-3-7-17(9-8-16)13(18)15-12-5-2-4-11(14)10-12/h2,4-5,10H,3,6-9,14H2,1H3,(H,15,18). The molecule has 0 unspecified atom stereocenters. The Morgan fingerprint density at radius 1 is 1.28 bits per heavy atom. The summed E-state index contributed by atoms with van der Waals surface area (Å²) in [5.74, 6) is 0. The van der Waals surface area contributed by atoms with E-state index in [1.807, 2.05) is 17.0 Å². The molecule has 1 saturated heterocycles. The average molecular weight is 248 g/mol. The maximum Gasteiger partial charge on any atom is 0.321 e. The summed E-state index contributed by atoms with van der Waals surface area (Å²) in [5.41, 5.74) is 7.09. The van der Waals surface area contributed by atoms with Gasteiger partial charge in [0.05, 0.1) is 0 Å². The first-order valence-electron chi connectivity index (χ1n) is 6.25. The molecular formula is C13H20N4O. The van der Waals surface area contributed by atoms with Crippen molar-refractivity contribution < 1.29 is 4.79 Å². The number of benzene rings is 1. The summed E-state index contributed by atoms with van der Waals surface area (Å²) in [6.45, 7) is 3.54. The zero-order valence-corrected chi connectivity index (χ0v) is 10.7. The Morgan fingerprint density at radius 2 is 2.11 bits per heavy atom. The predicted molar refractivity (Wildman–Crippen MR) is 73.6 cm³/mol. The van der Waals surface area contributed by atoms with Crippen LogP contribution in [0.5, 0.6) is 0 Å². The number of nitrogens with zero attached hydrogens (tertiary/aromatic N) is 2. The topological polar surface area (TPSA) is 61.6 Å². The molecule has 0 spiro atoms. The molecule has 0 aliphatic carbocycles. The Bertz CT molecular complexity index is 421. The summed E-state index contributed by atoms with van der Waals surface area (Å²) in [6.07, 6.45) is 1.01. The number of hydrogen-bond donors (Lipinski definition) is 2. The lowest BCUT2D eigenvalue weighted by Crippen LogP contribution is -2.37. The van der Waals surface area contributed by atoms with E-state index in [1.54, 1.807) is 12.1 Å². The number of likely N-dealkylation sites (N-methyl/N-ethyl adjacent to an activating group) is 1. The van der Waals surface area contributed by atoms with E-state index in [1.165, 1.54) is 0 Å². The molecule has 1 aliphatic heterocycles. The Labute approximate surface area is 108 Å². The highest BCUT2D eigenvalue weighted by Crippen LogP contribution is 2.13. The minimum Gasteiger partial charge on any atom is -0.399 e. The molecule has 0 atom stereocenters. The average Bonchev–Trinajstić information content (AvgIpc) is 2.54. The number of urea groups is 1. The molecule has 5 nitrogen and oxygen atoms in total. The van der Waals surface area contributed by atoms with Gasteiger partial charge < -0.3 is 20.9 Å². The molecule has 1 fully saturated rings. The molecule has 1 aliphatic rings.